The lowest BCUT2D eigenvalue weighted by Gasteiger charge is -2.33. The fourth-order valence-corrected chi connectivity index (χ4v) is 4.87. The second-order valence-electron chi connectivity index (χ2n) is 6.34. The summed E-state index contributed by atoms with van der Waals surface area (Å²) in [5, 5.41) is 4.57. The fraction of sp³-hybridized carbons (Fsp3) is 0.278. The number of rotatable bonds is 4. The number of hydrogen-bond donors (Lipinski definition) is 0. The van der Waals surface area contributed by atoms with Gasteiger partial charge in [0.05, 0.1) is 16.1 Å². The molecule has 8 heteroatoms. The molecule has 1 aromatic carbocycles. The summed E-state index contributed by atoms with van der Waals surface area (Å²) >= 11 is 3.34. The number of halogens is 1. The second-order valence-corrected chi connectivity index (χ2v) is 9.19. The van der Waals surface area contributed by atoms with E-state index in [0.717, 1.165) is 22.2 Å². The minimum atomic E-state index is -3.43. The summed E-state index contributed by atoms with van der Waals surface area (Å²) in [5.74, 6) is 0. The number of fused-ring (bicyclic) bond motifs is 1. The summed E-state index contributed by atoms with van der Waals surface area (Å²) in [6.45, 7) is 3.11. The minimum absolute atomic E-state index is 0.342. The van der Waals surface area contributed by atoms with Crippen LogP contribution < -0.4 is 0 Å². The van der Waals surface area contributed by atoms with Crippen LogP contribution in [-0.4, -0.2) is 53.4 Å². The average Bonchev–Trinajstić information content (AvgIpc) is 3.05. The van der Waals surface area contributed by atoms with E-state index in [-0.39, 0.29) is 0 Å². The molecule has 0 N–H and O–H groups in total. The Hall–Kier alpha value is -1.74. The van der Waals surface area contributed by atoms with Gasteiger partial charge in [-0.25, -0.2) is 12.9 Å². The third kappa shape index (κ3) is 3.55. The van der Waals surface area contributed by atoms with Crippen LogP contribution in [0, 0.1) is 0 Å². The molecule has 1 aliphatic rings. The zero-order chi connectivity index (χ0) is 18.1. The summed E-state index contributed by atoms with van der Waals surface area (Å²) in [6, 6.07) is 14.8. The standard InChI is InChI=1S/C18H19BrN4O2S/c19-15-4-6-18(7-5-15)26(24,25)22-11-9-21(10-12-22)14-16-13-17-3-1-2-8-23(17)20-16/h1-8,13H,9-12,14H2. The molecule has 3 heterocycles. The van der Waals surface area contributed by atoms with Gasteiger partial charge < -0.3 is 0 Å². The lowest BCUT2D eigenvalue weighted by molar-refractivity contribution is 0.180. The molecule has 0 atom stereocenters. The van der Waals surface area contributed by atoms with E-state index in [9.17, 15) is 8.42 Å². The van der Waals surface area contributed by atoms with Gasteiger partial charge in [0.1, 0.15) is 0 Å². The molecule has 0 amide bonds. The fourth-order valence-electron chi connectivity index (χ4n) is 3.18. The Morgan fingerprint density at radius 3 is 2.42 bits per heavy atom. The molecular weight excluding hydrogens is 416 g/mol. The molecule has 6 nitrogen and oxygen atoms in total. The Morgan fingerprint density at radius 1 is 1.00 bits per heavy atom. The van der Waals surface area contributed by atoms with Crippen LogP contribution in [0.2, 0.25) is 0 Å². The van der Waals surface area contributed by atoms with Gasteiger partial charge in [-0.05, 0) is 42.5 Å². The minimum Gasteiger partial charge on any atom is -0.295 e. The third-order valence-electron chi connectivity index (χ3n) is 4.59. The third-order valence-corrected chi connectivity index (χ3v) is 7.03. The van der Waals surface area contributed by atoms with E-state index >= 15 is 0 Å². The molecule has 4 rings (SSSR count). The Morgan fingerprint density at radius 2 is 1.73 bits per heavy atom. The molecule has 2 aromatic heterocycles. The van der Waals surface area contributed by atoms with Crippen LogP contribution in [-0.2, 0) is 16.6 Å². The van der Waals surface area contributed by atoms with E-state index in [1.54, 1.807) is 28.6 Å². The van der Waals surface area contributed by atoms with Gasteiger partial charge in [-0.2, -0.15) is 9.40 Å². The van der Waals surface area contributed by atoms with Gasteiger partial charge in [0.25, 0.3) is 0 Å². The topological polar surface area (TPSA) is 57.9 Å². The largest absolute Gasteiger partial charge is 0.295 e. The van der Waals surface area contributed by atoms with Gasteiger partial charge in [0.2, 0.25) is 10.0 Å². The van der Waals surface area contributed by atoms with Crippen LogP contribution in [0.25, 0.3) is 5.52 Å². The van der Waals surface area contributed by atoms with Crippen molar-refractivity contribution in [2.24, 2.45) is 0 Å². The first kappa shape index (κ1) is 17.7. The second kappa shape index (κ2) is 7.11. The van der Waals surface area contributed by atoms with Gasteiger partial charge in [-0.15, -0.1) is 0 Å². The Balaban J connectivity index is 1.41. The van der Waals surface area contributed by atoms with Crippen molar-refractivity contribution in [3.63, 3.8) is 0 Å². The molecule has 0 bridgehead atoms. The van der Waals surface area contributed by atoms with E-state index in [4.69, 9.17) is 0 Å². The highest BCUT2D eigenvalue weighted by atomic mass is 79.9. The predicted molar refractivity (Wildman–Crippen MR) is 103 cm³/mol. The molecule has 136 valence electrons. The van der Waals surface area contributed by atoms with Crippen LogP contribution >= 0.6 is 15.9 Å². The first-order chi connectivity index (χ1) is 12.5. The number of hydrogen-bond acceptors (Lipinski definition) is 4. The first-order valence-electron chi connectivity index (χ1n) is 8.44. The molecular formula is C18H19BrN4O2S. The zero-order valence-corrected chi connectivity index (χ0v) is 16.5. The molecule has 0 unspecified atom stereocenters. The molecule has 0 spiro atoms. The van der Waals surface area contributed by atoms with Gasteiger partial charge in [0.15, 0.2) is 0 Å². The predicted octanol–water partition coefficient (Wildman–Crippen LogP) is 2.60. The Kier molecular flexibility index (Phi) is 4.83. The Labute approximate surface area is 161 Å². The maximum atomic E-state index is 12.8. The molecule has 0 saturated carbocycles. The molecule has 1 fully saturated rings. The van der Waals surface area contributed by atoms with Gasteiger partial charge >= 0.3 is 0 Å². The van der Waals surface area contributed by atoms with Gasteiger partial charge in [0, 0.05) is 43.4 Å². The van der Waals surface area contributed by atoms with Crippen LogP contribution in [0.3, 0.4) is 0 Å². The molecule has 1 aliphatic heterocycles. The van der Waals surface area contributed by atoms with Gasteiger partial charge in [-0.3, -0.25) is 4.90 Å². The quantitative estimate of drug-likeness (QED) is 0.632. The molecule has 26 heavy (non-hydrogen) atoms. The van der Waals surface area contributed by atoms with E-state index in [1.165, 1.54) is 0 Å². The molecule has 0 radical (unpaired) electrons. The highest BCUT2D eigenvalue weighted by Gasteiger charge is 2.28. The normalized spacial score (nSPS) is 17.0. The van der Waals surface area contributed by atoms with Crippen molar-refractivity contribution in [3.05, 3.63) is 64.9 Å². The average molecular weight is 435 g/mol. The number of aromatic nitrogens is 2. The van der Waals surface area contributed by atoms with E-state index in [0.29, 0.717) is 31.1 Å². The van der Waals surface area contributed by atoms with E-state index in [1.807, 2.05) is 28.9 Å². The summed E-state index contributed by atoms with van der Waals surface area (Å²) in [5.41, 5.74) is 2.07. The number of pyridine rings is 1. The van der Waals surface area contributed by atoms with Crippen molar-refractivity contribution >= 4 is 31.5 Å². The lowest BCUT2D eigenvalue weighted by atomic mass is 10.3. The number of nitrogens with zero attached hydrogens (tertiary/aromatic N) is 4. The van der Waals surface area contributed by atoms with Crippen LogP contribution in [0.4, 0.5) is 0 Å². The van der Waals surface area contributed by atoms with Crippen molar-refractivity contribution in [3.8, 4) is 0 Å². The monoisotopic (exact) mass is 434 g/mol. The van der Waals surface area contributed by atoms with Crippen molar-refractivity contribution in [1.29, 1.82) is 0 Å². The Bertz CT molecular complexity index is 976. The van der Waals surface area contributed by atoms with Crippen LogP contribution in [0.15, 0.2) is 64.1 Å². The lowest BCUT2D eigenvalue weighted by Crippen LogP contribution is -2.48. The van der Waals surface area contributed by atoms with Crippen LogP contribution in [0.5, 0.6) is 0 Å². The number of benzene rings is 1. The first-order valence-corrected chi connectivity index (χ1v) is 10.7. The van der Waals surface area contributed by atoms with E-state index < -0.39 is 10.0 Å². The summed E-state index contributed by atoms with van der Waals surface area (Å²) in [4.78, 5) is 2.59. The molecule has 0 aliphatic carbocycles. The van der Waals surface area contributed by atoms with Gasteiger partial charge in [-0.1, -0.05) is 22.0 Å². The van der Waals surface area contributed by atoms with Crippen molar-refractivity contribution in [2.45, 2.75) is 11.4 Å². The van der Waals surface area contributed by atoms with Crippen molar-refractivity contribution in [1.82, 2.24) is 18.8 Å². The SMILES string of the molecule is O=S(=O)(c1ccc(Br)cc1)N1CCN(Cc2cc3ccccn3n2)CC1. The maximum absolute atomic E-state index is 12.8. The zero-order valence-electron chi connectivity index (χ0n) is 14.1. The molecule has 1 saturated heterocycles. The number of sulfonamides is 1. The molecule has 3 aromatic rings. The highest BCUT2D eigenvalue weighted by molar-refractivity contribution is 9.10. The maximum Gasteiger partial charge on any atom is 0.243 e. The summed E-state index contributed by atoms with van der Waals surface area (Å²) < 4.78 is 29.8. The van der Waals surface area contributed by atoms with E-state index in [2.05, 4.69) is 32.0 Å². The van der Waals surface area contributed by atoms with Crippen LogP contribution in [0.1, 0.15) is 5.69 Å². The highest BCUT2D eigenvalue weighted by Crippen LogP contribution is 2.20. The van der Waals surface area contributed by atoms with Crippen molar-refractivity contribution < 1.29 is 8.42 Å². The number of piperazine rings is 1. The summed E-state index contributed by atoms with van der Waals surface area (Å²) in [7, 11) is -3.43. The summed E-state index contributed by atoms with van der Waals surface area (Å²) in [6.07, 6.45) is 1.93. The van der Waals surface area contributed by atoms with Crippen molar-refractivity contribution in [2.75, 3.05) is 26.2 Å². The smallest absolute Gasteiger partial charge is 0.243 e.